The third kappa shape index (κ3) is 6.79. The van der Waals surface area contributed by atoms with Crippen LogP contribution in [-0.2, 0) is 6.18 Å². The summed E-state index contributed by atoms with van der Waals surface area (Å²) in [5.41, 5.74) is 11.0. The molecule has 0 bridgehead atoms. The van der Waals surface area contributed by atoms with Gasteiger partial charge in [-0.3, -0.25) is 4.79 Å². The molecule has 2 heterocycles. The van der Waals surface area contributed by atoms with Gasteiger partial charge in [0, 0.05) is 35.4 Å². The maximum atomic E-state index is 13.2. The zero-order chi connectivity index (χ0) is 26.6. The average molecular weight is 528 g/mol. The van der Waals surface area contributed by atoms with Gasteiger partial charge < -0.3 is 21.7 Å². The Morgan fingerprint density at radius 2 is 1.81 bits per heavy atom. The Labute approximate surface area is 215 Å². The van der Waals surface area contributed by atoms with E-state index in [0.717, 1.165) is 42.4 Å². The highest BCUT2D eigenvalue weighted by Crippen LogP contribution is 2.33. The number of benzene rings is 2. The van der Waals surface area contributed by atoms with Gasteiger partial charge in [0.25, 0.3) is 5.91 Å². The molecule has 1 saturated heterocycles. The van der Waals surface area contributed by atoms with E-state index < -0.39 is 23.2 Å². The van der Waals surface area contributed by atoms with Crippen molar-refractivity contribution in [1.82, 2.24) is 9.97 Å². The molecule has 0 unspecified atom stereocenters. The van der Waals surface area contributed by atoms with Crippen molar-refractivity contribution in [1.29, 1.82) is 0 Å². The molecule has 1 aliphatic heterocycles. The fourth-order valence-corrected chi connectivity index (χ4v) is 4.21. The number of nitrogens with one attached hydrogen (secondary N) is 1. The quantitative estimate of drug-likeness (QED) is 0.225. The zero-order valence-corrected chi connectivity index (χ0v) is 20.6. The number of allylic oxidation sites excluding steroid dienone is 1. The first-order valence-electron chi connectivity index (χ1n) is 11.3. The van der Waals surface area contributed by atoms with E-state index >= 15 is 0 Å². The van der Waals surface area contributed by atoms with E-state index in [1.807, 2.05) is 0 Å². The van der Waals surface area contributed by atoms with Crippen LogP contribution >= 0.6 is 11.8 Å². The molecule has 12 heteroatoms. The Kier molecular flexibility index (Phi) is 7.67. The van der Waals surface area contributed by atoms with Crippen LogP contribution in [0.25, 0.3) is 0 Å². The maximum Gasteiger partial charge on any atom is 0.417 e. The average Bonchev–Trinajstić information content (AvgIpc) is 2.78. The van der Waals surface area contributed by atoms with Crippen molar-refractivity contribution in [2.24, 2.45) is 16.5 Å². The number of aliphatic imine (C=N–C) groups is 1. The number of carbonyl (C=O) groups excluding carboxylic acids is 1. The van der Waals surface area contributed by atoms with Crippen molar-refractivity contribution in [2.45, 2.75) is 29.6 Å². The van der Waals surface area contributed by atoms with Gasteiger partial charge in [-0.1, -0.05) is 12.1 Å². The van der Waals surface area contributed by atoms with Crippen molar-refractivity contribution in [2.75, 3.05) is 23.3 Å². The lowest BCUT2D eigenvalue weighted by molar-refractivity contribution is -0.137. The van der Waals surface area contributed by atoms with Crippen LogP contribution in [0.5, 0.6) is 0 Å². The van der Waals surface area contributed by atoms with Crippen LogP contribution in [0.1, 0.15) is 29.3 Å². The standard InChI is InChI=1S/C25H24F3N7OS/c1-15(29)13-20(30)32-21-14-22(35-11-4-12-35)34-24(33-21)37-17-9-7-16(8-10-17)31-23(36)18-5-2-3-6-19(18)25(26,27)28/h2-3,5-10,13-14H,4,11-12,29H2,1H3,(H,31,36)(H2,30,32,33,34). The first-order chi connectivity index (χ1) is 17.6. The molecule has 192 valence electrons. The number of anilines is 2. The van der Waals surface area contributed by atoms with E-state index in [0.29, 0.717) is 22.4 Å². The minimum absolute atomic E-state index is 0.219. The van der Waals surface area contributed by atoms with Crippen LogP contribution in [0.3, 0.4) is 0 Å². The highest BCUT2D eigenvalue weighted by molar-refractivity contribution is 7.99. The van der Waals surface area contributed by atoms with Crippen molar-refractivity contribution in [3.8, 4) is 0 Å². The lowest BCUT2D eigenvalue weighted by Gasteiger charge is -2.32. The van der Waals surface area contributed by atoms with E-state index in [1.165, 1.54) is 23.9 Å². The van der Waals surface area contributed by atoms with E-state index in [4.69, 9.17) is 11.5 Å². The molecule has 4 rings (SSSR count). The number of amides is 1. The second-order valence-electron chi connectivity index (χ2n) is 8.26. The van der Waals surface area contributed by atoms with Gasteiger partial charge in [0.1, 0.15) is 11.7 Å². The van der Waals surface area contributed by atoms with E-state index in [-0.39, 0.29) is 5.84 Å². The fraction of sp³-hybridized carbons (Fsp3) is 0.200. The molecule has 37 heavy (non-hydrogen) atoms. The van der Waals surface area contributed by atoms with Gasteiger partial charge in [-0.25, -0.2) is 15.0 Å². The van der Waals surface area contributed by atoms with Crippen molar-refractivity contribution < 1.29 is 18.0 Å². The minimum atomic E-state index is -4.63. The van der Waals surface area contributed by atoms with Crippen LogP contribution in [0.4, 0.5) is 30.5 Å². The molecule has 1 amide bonds. The van der Waals surface area contributed by atoms with Gasteiger partial charge in [0.05, 0.1) is 11.1 Å². The summed E-state index contributed by atoms with van der Waals surface area (Å²) in [7, 11) is 0. The number of hydrogen-bond acceptors (Lipinski definition) is 7. The largest absolute Gasteiger partial charge is 0.417 e. The molecular formula is C25H24F3N7OS. The van der Waals surface area contributed by atoms with E-state index in [1.54, 1.807) is 43.3 Å². The monoisotopic (exact) mass is 527 g/mol. The van der Waals surface area contributed by atoms with Gasteiger partial charge in [0.2, 0.25) is 0 Å². The highest BCUT2D eigenvalue weighted by atomic mass is 32.2. The summed E-state index contributed by atoms with van der Waals surface area (Å²) in [6, 6.07) is 13.0. The highest BCUT2D eigenvalue weighted by Gasteiger charge is 2.34. The Balaban J connectivity index is 1.51. The number of aromatic nitrogens is 2. The third-order valence-corrected chi connectivity index (χ3v) is 6.15. The van der Waals surface area contributed by atoms with Crippen molar-refractivity contribution >= 4 is 40.8 Å². The van der Waals surface area contributed by atoms with Gasteiger partial charge >= 0.3 is 6.18 Å². The number of nitrogens with zero attached hydrogens (tertiary/aromatic N) is 4. The molecule has 0 saturated carbocycles. The minimum Gasteiger partial charge on any atom is -0.402 e. The van der Waals surface area contributed by atoms with Gasteiger partial charge in [0.15, 0.2) is 11.0 Å². The Bertz CT molecular complexity index is 1350. The summed E-state index contributed by atoms with van der Waals surface area (Å²) in [6.07, 6.45) is -2.02. The van der Waals surface area contributed by atoms with E-state index in [9.17, 15) is 18.0 Å². The van der Waals surface area contributed by atoms with E-state index in [2.05, 4.69) is 25.2 Å². The summed E-state index contributed by atoms with van der Waals surface area (Å²) in [5.74, 6) is 0.495. The van der Waals surface area contributed by atoms with Gasteiger partial charge in [-0.15, -0.1) is 0 Å². The first-order valence-corrected chi connectivity index (χ1v) is 12.1. The molecule has 1 aliphatic rings. The number of rotatable bonds is 7. The molecular weight excluding hydrogens is 503 g/mol. The fourth-order valence-electron chi connectivity index (χ4n) is 3.45. The molecule has 3 aromatic rings. The van der Waals surface area contributed by atoms with Crippen LogP contribution in [0, 0.1) is 0 Å². The molecule has 0 radical (unpaired) electrons. The number of amidine groups is 1. The topological polar surface area (TPSA) is 123 Å². The predicted octanol–water partition coefficient (Wildman–Crippen LogP) is 4.96. The van der Waals surface area contributed by atoms with Gasteiger partial charge in [-0.2, -0.15) is 13.2 Å². The molecule has 0 spiro atoms. The number of nitrogens with two attached hydrogens (primary N) is 2. The van der Waals surface area contributed by atoms with Crippen LogP contribution < -0.4 is 21.7 Å². The summed E-state index contributed by atoms with van der Waals surface area (Å²) in [5, 5.41) is 2.96. The Morgan fingerprint density at radius 1 is 1.11 bits per heavy atom. The second kappa shape index (κ2) is 10.9. The summed E-state index contributed by atoms with van der Waals surface area (Å²) < 4.78 is 39.7. The summed E-state index contributed by atoms with van der Waals surface area (Å²) in [4.78, 5) is 28.8. The molecule has 5 N–H and O–H groups in total. The van der Waals surface area contributed by atoms with Gasteiger partial charge in [-0.05, 0) is 67.6 Å². The summed E-state index contributed by atoms with van der Waals surface area (Å²) in [6.45, 7) is 3.47. The molecule has 1 fully saturated rings. The maximum absolute atomic E-state index is 13.2. The number of halogens is 3. The number of carbonyl (C=O) groups is 1. The first kappa shape index (κ1) is 26.0. The lowest BCUT2D eigenvalue weighted by atomic mass is 10.1. The third-order valence-electron chi connectivity index (χ3n) is 5.28. The number of hydrogen-bond donors (Lipinski definition) is 3. The van der Waals surface area contributed by atoms with Crippen LogP contribution in [-0.4, -0.2) is 34.8 Å². The van der Waals surface area contributed by atoms with Crippen LogP contribution in [0.2, 0.25) is 0 Å². The van der Waals surface area contributed by atoms with Crippen LogP contribution in [0.15, 0.2) is 81.4 Å². The second-order valence-corrected chi connectivity index (χ2v) is 9.30. The van der Waals surface area contributed by atoms with Crippen molar-refractivity contribution in [3.63, 3.8) is 0 Å². The Morgan fingerprint density at radius 3 is 2.43 bits per heavy atom. The predicted molar refractivity (Wildman–Crippen MR) is 138 cm³/mol. The number of alkyl halides is 3. The smallest absolute Gasteiger partial charge is 0.402 e. The molecule has 2 aromatic carbocycles. The van der Waals surface area contributed by atoms with Crippen molar-refractivity contribution in [3.05, 3.63) is 77.5 Å². The molecule has 8 nitrogen and oxygen atoms in total. The summed E-state index contributed by atoms with van der Waals surface area (Å²) >= 11 is 1.28. The molecule has 0 aliphatic carbocycles. The molecule has 1 aromatic heterocycles. The Hall–Kier alpha value is -4.06. The zero-order valence-electron chi connectivity index (χ0n) is 19.8. The lowest BCUT2D eigenvalue weighted by Crippen LogP contribution is -2.37. The molecule has 0 atom stereocenters. The normalized spacial score (nSPS) is 14.3. The SMILES string of the molecule is CC(N)=CC(N)=Nc1cc(N2CCC2)nc(Sc2ccc(NC(=O)c3ccccc3C(F)(F)F)cc2)n1.